The van der Waals surface area contributed by atoms with Crippen molar-refractivity contribution >= 4 is 18.0 Å². The smallest absolute Gasteiger partial charge is 0.326 e. The second kappa shape index (κ2) is 6.75. The lowest BCUT2D eigenvalue weighted by Gasteiger charge is -2.35. The van der Waals surface area contributed by atoms with Crippen LogP contribution < -0.4 is 10.6 Å². The summed E-state index contributed by atoms with van der Waals surface area (Å²) in [6, 6.07) is -1.50. The van der Waals surface area contributed by atoms with E-state index in [4.69, 9.17) is 10.2 Å². The molecule has 0 spiro atoms. The molecule has 0 aromatic carbocycles. The first-order valence-electron chi connectivity index (χ1n) is 7.21. The average molecular weight is 299 g/mol. The fourth-order valence-corrected chi connectivity index (χ4v) is 3.12. The van der Waals surface area contributed by atoms with Crippen LogP contribution in [0.2, 0.25) is 0 Å². The second-order valence-corrected chi connectivity index (χ2v) is 5.66. The third kappa shape index (κ3) is 4.32. The van der Waals surface area contributed by atoms with Gasteiger partial charge in [-0.3, -0.25) is 4.79 Å². The molecular formula is C13H21N3O5. The van der Waals surface area contributed by atoms with Crippen molar-refractivity contribution in [3.63, 3.8) is 0 Å². The van der Waals surface area contributed by atoms with Crippen molar-refractivity contribution in [2.75, 3.05) is 13.1 Å². The maximum atomic E-state index is 11.8. The Balaban J connectivity index is 1.80. The van der Waals surface area contributed by atoms with Gasteiger partial charge in [-0.15, -0.1) is 0 Å². The molecule has 8 nitrogen and oxygen atoms in total. The van der Waals surface area contributed by atoms with Crippen LogP contribution >= 0.6 is 0 Å². The SMILES string of the molecule is O=C(O)C[C@@H](NC(=O)NC1CCN2CCCC2C1)C(=O)O. The molecule has 118 valence electrons. The quantitative estimate of drug-likeness (QED) is 0.560. The van der Waals surface area contributed by atoms with E-state index in [0.29, 0.717) is 6.04 Å². The van der Waals surface area contributed by atoms with Gasteiger partial charge >= 0.3 is 18.0 Å². The molecule has 2 rings (SSSR count). The van der Waals surface area contributed by atoms with Gasteiger partial charge in [-0.2, -0.15) is 0 Å². The van der Waals surface area contributed by atoms with Crippen LogP contribution in [0.15, 0.2) is 0 Å². The zero-order valence-corrected chi connectivity index (χ0v) is 11.7. The fourth-order valence-electron chi connectivity index (χ4n) is 3.12. The number of carbonyl (C=O) groups is 3. The number of carbonyl (C=O) groups excluding carboxylic acids is 1. The molecule has 0 radical (unpaired) electrons. The molecule has 3 atom stereocenters. The number of carboxylic acids is 2. The molecule has 2 amide bonds. The van der Waals surface area contributed by atoms with E-state index in [9.17, 15) is 14.4 Å². The van der Waals surface area contributed by atoms with Gasteiger partial charge in [0.2, 0.25) is 0 Å². The van der Waals surface area contributed by atoms with Gasteiger partial charge in [0.1, 0.15) is 6.04 Å². The highest BCUT2D eigenvalue weighted by Crippen LogP contribution is 2.26. The number of hydrogen-bond donors (Lipinski definition) is 4. The topological polar surface area (TPSA) is 119 Å². The van der Waals surface area contributed by atoms with Gasteiger partial charge in [0.25, 0.3) is 0 Å². The van der Waals surface area contributed by atoms with Gasteiger partial charge in [-0.1, -0.05) is 0 Å². The zero-order valence-electron chi connectivity index (χ0n) is 11.7. The molecule has 8 heteroatoms. The lowest BCUT2D eigenvalue weighted by atomic mass is 9.98. The molecule has 4 N–H and O–H groups in total. The van der Waals surface area contributed by atoms with Crippen molar-refractivity contribution in [3.05, 3.63) is 0 Å². The van der Waals surface area contributed by atoms with E-state index in [2.05, 4.69) is 15.5 Å². The lowest BCUT2D eigenvalue weighted by molar-refractivity contribution is -0.145. The molecule has 2 saturated heterocycles. The van der Waals surface area contributed by atoms with E-state index in [-0.39, 0.29) is 6.04 Å². The van der Waals surface area contributed by atoms with E-state index in [0.717, 1.165) is 32.4 Å². The van der Waals surface area contributed by atoms with Crippen LogP contribution in [-0.2, 0) is 9.59 Å². The van der Waals surface area contributed by atoms with Crippen LogP contribution in [0.3, 0.4) is 0 Å². The Kier molecular flexibility index (Phi) is 5.00. The van der Waals surface area contributed by atoms with Crippen molar-refractivity contribution in [1.29, 1.82) is 0 Å². The number of amides is 2. The highest BCUT2D eigenvalue weighted by Gasteiger charge is 2.32. The summed E-state index contributed by atoms with van der Waals surface area (Å²) >= 11 is 0. The third-order valence-electron chi connectivity index (χ3n) is 4.14. The van der Waals surface area contributed by atoms with Crippen molar-refractivity contribution in [2.45, 2.75) is 50.2 Å². The molecule has 21 heavy (non-hydrogen) atoms. The summed E-state index contributed by atoms with van der Waals surface area (Å²) in [7, 11) is 0. The van der Waals surface area contributed by atoms with Crippen LogP contribution in [0.1, 0.15) is 32.1 Å². The van der Waals surface area contributed by atoms with Crippen molar-refractivity contribution in [2.24, 2.45) is 0 Å². The number of carboxylic acid groups (broad SMARTS) is 2. The molecule has 0 bridgehead atoms. The summed E-state index contributed by atoms with van der Waals surface area (Å²) in [5.74, 6) is -2.61. The average Bonchev–Trinajstić information content (AvgIpc) is 2.84. The van der Waals surface area contributed by atoms with Crippen LogP contribution in [0.25, 0.3) is 0 Å². The maximum absolute atomic E-state index is 11.8. The Morgan fingerprint density at radius 3 is 2.62 bits per heavy atom. The van der Waals surface area contributed by atoms with Gasteiger partial charge in [0.05, 0.1) is 6.42 Å². The predicted molar refractivity (Wildman–Crippen MR) is 73.0 cm³/mol. The first kappa shape index (κ1) is 15.6. The summed E-state index contributed by atoms with van der Waals surface area (Å²) in [6.45, 7) is 2.05. The number of rotatable bonds is 5. The van der Waals surface area contributed by atoms with Crippen LogP contribution in [-0.4, -0.2) is 64.3 Å². The van der Waals surface area contributed by atoms with Gasteiger partial charge in [-0.25, -0.2) is 9.59 Å². The Morgan fingerprint density at radius 2 is 1.95 bits per heavy atom. The number of nitrogens with zero attached hydrogens (tertiary/aromatic N) is 1. The Labute approximate surface area is 122 Å². The number of aliphatic carboxylic acids is 2. The largest absolute Gasteiger partial charge is 0.481 e. The summed E-state index contributed by atoms with van der Waals surface area (Å²) in [5, 5.41) is 22.5. The molecular weight excluding hydrogens is 278 g/mol. The first-order valence-corrected chi connectivity index (χ1v) is 7.21. The minimum atomic E-state index is -1.41. The van der Waals surface area contributed by atoms with Crippen LogP contribution in [0.4, 0.5) is 4.79 Å². The van der Waals surface area contributed by atoms with Crippen LogP contribution in [0.5, 0.6) is 0 Å². The molecule has 2 unspecified atom stereocenters. The molecule has 2 fully saturated rings. The van der Waals surface area contributed by atoms with Crippen molar-refractivity contribution in [3.8, 4) is 0 Å². The van der Waals surface area contributed by atoms with Gasteiger partial charge < -0.3 is 25.7 Å². The number of piperidine rings is 1. The standard InChI is InChI=1S/C13H21N3O5/c17-11(18)7-10(12(19)20)15-13(21)14-8-3-5-16-4-1-2-9(16)6-8/h8-10H,1-7H2,(H,17,18)(H,19,20)(H2,14,15,21)/t8?,9?,10-/m1/s1. The lowest BCUT2D eigenvalue weighted by Crippen LogP contribution is -2.53. The van der Waals surface area contributed by atoms with E-state index < -0.39 is 30.4 Å². The minimum absolute atomic E-state index is 0.0172. The number of fused-ring (bicyclic) bond motifs is 1. The minimum Gasteiger partial charge on any atom is -0.481 e. The summed E-state index contributed by atoms with van der Waals surface area (Å²) < 4.78 is 0. The number of hydrogen-bond acceptors (Lipinski definition) is 4. The Bertz CT molecular complexity index is 428. The Morgan fingerprint density at radius 1 is 1.19 bits per heavy atom. The molecule has 0 aromatic heterocycles. The maximum Gasteiger partial charge on any atom is 0.326 e. The zero-order chi connectivity index (χ0) is 15.4. The highest BCUT2D eigenvalue weighted by atomic mass is 16.4. The third-order valence-corrected chi connectivity index (χ3v) is 4.14. The normalized spacial score (nSPS) is 26.7. The first-order chi connectivity index (χ1) is 9.95. The van der Waals surface area contributed by atoms with Gasteiger partial charge in [0, 0.05) is 18.6 Å². The van der Waals surface area contributed by atoms with E-state index in [1.54, 1.807) is 0 Å². The molecule has 0 aliphatic carbocycles. The summed E-state index contributed by atoms with van der Waals surface area (Å²) in [6.07, 6.45) is 3.38. The molecule has 0 saturated carbocycles. The highest BCUT2D eigenvalue weighted by molar-refractivity contribution is 5.86. The monoisotopic (exact) mass is 299 g/mol. The molecule has 0 aromatic rings. The summed E-state index contributed by atoms with van der Waals surface area (Å²) in [4.78, 5) is 35.7. The van der Waals surface area contributed by atoms with E-state index in [1.165, 1.54) is 6.42 Å². The molecule has 2 heterocycles. The van der Waals surface area contributed by atoms with Crippen molar-refractivity contribution < 1.29 is 24.6 Å². The second-order valence-electron chi connectivity index (χ2n) is 5.66. The van der Waals surface area contributed by atoms with E-state index in [1.807, 2.05) is 0 Å². The van der Waals surface area contributed by atoms with Crippen LogP contribution in [0, 0.1) is 0 Å². The predicted octanol–water partition coefficient (Wildman–Crippen LogP) is -0.160. The van der Waals surface area contributed by atoms with E-state index >= 15 is 0 Å². The van der Waals surface area contributed by atoms with Gasteiger partial charge in [0.15, 0.2) is 0 Å². The summed E-state index contributed by atoms with van der Waals surface area (Å²) in [5.41, 5.74) is 0. The fraction of sp³-hybridized carbons (Fsp3) is 0.769. The van der Waals surface area contributed by atoms with Crippen molar-refractivity contribution in [1.82, 2.24) is 15.5 Å². The number of urea groups is 1. The Hall–Kier alpha value is -1.83. The molecule has 2 aliphatic rings. The van der Waals surface area contributed by atoms with Gasteiger partial charge in [-0.05, 0) is 32.2 Å². The molecule has 2 aliphatic heterocycles. The number of nitrogens with one attached hydrogen (secondary N) is 2.